The molecular weight excluding hydrogens is 448 g/mol. The van der Waals surface area contributed by atoms with E-state index in [2.05, 4.69) is 39.1 Å². The van der Waals surface area contributed by atoms with Gasteiger partial charge in [0.05, 0.1) is 11.0 Å². The van der Waals surface area contributed by atoms with E-state index in [4.69, 9.17) is 0 Å². The van der Waals surface area contributed by atoms with Gasteiger partial charge in [0.2, 0.25) is 5.91 Å². The van der Waals surface area contributed by atoms with Crippen molar-refractivity contribution in [2.45, 2.75) is 86.5 Å². The number of ketones is 2. The number of rotatable bonds is 2. The minimum Gasteiger partial charge on any atom is -0.356 e. The van der Waals surface area contributed by atoms with Crippen molar-refractivity contribution < 1.29 is 14.4 Å². The van der Waals surface area contributed by atoms with Crippen molar-refractivity contribution in [3.8, 4) is 6.07 Å². The van der Waals surface area contributed by atoms with Crippen molar-refractivity contribution >= 4 is 17.5 Å². The quantitative estimate of drug-likeness (QED) is 0.549. The molecule has 1 amide bonds. The van der Waals surface area contributed by atoms with E-state index in [1.165, 1.54) is 0 Å². The van der Waals surface area contributed by atoms with Gasteiger partial charge in [-0.05, 0) is 86.5 Å². The molecule has 5 nitrogen and oxygen atoms in total. The number of nitrogens with one attached hydrogen (secondary N) is 1. The second kappa shape index (κ2) is 8.14. The third-order valence-corrected chi connectivity index (χ3v) is 11.5. The lowest BCUT2D eigenvalue weighted by Crippen LogP contribution is -2.62. The molecule has 0 aromatic heterocycles. The van der Waals surface area contributed by atoms with Crippen LogP contribution in [-0.4, -0.2) is 24.0 Å². The highest BCUT2D eigenvalue weighted by Crippen LogP contribution is 2.69. The van der Waals surface area contributed by atoms with Gasteiger partial charge in [-0.3, -0.25) is 14.4 Å². The monoisotopic (exact) mass is 490 g/mol. The van der Waals surface area contributed by atoms with Gasteiger partial charge in [0.1, 0.15) is 6.07 Å². The number of fused-ring (bicyclic) bond motifs is 7. The molecule has 0 aromatic rings. The maximum atomic E-state index is 14.2. The molecule has 5 rings (SSSR count). The van der Waals surface area contributed by atoms with Crippen molar-refractivity contribution in [2.24, 2.45) is 51.2 Å². The van der Waals surface area contributed by atoms with Crippen LogP contribution in [0.5, 0.6) is 0 Å². The summed E-state index contributed by atoms with van der Waals surface area (Å²) in [5.74, 6) is 0.249. The normalized spacial score (nSPS) is 45.1. The minimum atomic E-state index is -0.466. The molecule has 5 heteroatoms. The number of hydrogen-bond donors (Lipinski definition) is 1. The van der Waals surface area contributed by atoms with Gasteiger partial charge in [-0.1, -0.05) is 46.3 Å². The fraction of sp³-hybridized carbons (Fsp3) is 0.742. The average molecular weight is 491 g/mol. The molecule has 0 radical (unpaired) electrons. The van der Waals surface area contributed by atoms with Crippen LogP contribution in [0.25, 0.3) is 0 Å². The Kier molecular flexibility index (Phi) is 5.75. The second-order valence-electron chi connectivity index (χ2n) is 13.8. The molecule has 0 bridgehead atoms. The van der Waals surface area contributed by atoms with Gasteiger partial charge in [0.25, 0.3) is 0 Å². The maximum absolute atomic E-state index is 14.2. The van der Waals surface area contributed by atoms with Crippen molar-refractivity contribution in [3.05, 3.63) is 23.3 Å². The van der Waals surface area contributed by atoms with Gasteiger partial charge in [0.15, 0.2) is 11.6 Å². The highest BCUT2D eigenvalue weighted by molar-refractivity contribution is 6.02. The number of nitriles is 1. The van der Waals surface area contributed by atoms with E-state index in [-0.39, 0.29) is 63.5 Å². The van der Waals surface area contributed by atoms with Crippen LogP contribution in [0, 0.1) is 62.6 Å². The van der Waals surface area contributed by atoms with E-state index in [0.717, 1.165) is 50.5 Å². The second-order valence-corrected chi connectivity index (χ2v) is 13.8. The molecule has 0 aromatic carbocycles. The summed E-state index contributed by atoms with van der Waals surface area (Å²) in [6, 6.07) is 2.15. The fourth-order valence-corrected chi connectivity index (χ4v) is 9.63. The lowest BCUT2D eigenvalue weighted by atomic mass is 9.39. The van der Waals surface area contributed by atoms with E-state index < -0.39 is 10.8 Å². The highest BCUT2D eigenvalue weighted by Gasteiger charge is 2.65. The Morgan fingerprint density at radius 2 is 1.75 bits per heavy atom. The summed E-state index contributed by atoms with van der Waals surface area (Å²) in [7, 11) is 0. The van der Waals surface area contributed by atoms with Crippen molar-refractivity contribution in [1.82, 2.24) is 5.32 Å². The molecule has 5 aliphatic carbocycles. The van der Waals surface area contributed by atoms with Gasteiger partial charge >= 0.3 is 0 Å². The van der Waals surface area contributed by atoms with Gasteiger partial charge in [-0.2, -0.15) is 5.26 Å². The molecule has 0 spiro atoms. The number of amides is 1. The molecule has 0 aliphatic heterocycles. The third-order valence-electron chi connectivity index (χ3n) is 11.5. The summed E-state index contributed by atoms with van der Waals surface area (Å²) < 4.78 is 0. The Hall–Kier alpha value is -2.22. The summed E-state index contributed by atoms with van der Waals surface area (Å²) in [6.45, 7) is 13.6. The molecule has 5 aliphatic rings. The van der Waals surface area contributed by atoms with Crippen LogP contribution < -0.4 is 5.32 Å². The molecule has 0 saturated heterocycles. The Bertz CT molecular complexity index is 1130. The van der Waals surface area contributed by atoms with Gasteiger partial charge in [-0.25, -0.2) is 0 Å². The zero-order chi connectivity index (χ0) is 26.3. The lowest BCUT2D eigenvalue weighted by molar-refractivity contribution is -0.160. The Labute approximate surface area is 216 Å². The third kappa shape index (κ3) is 3.28. The van der Waals surface area contributed by atoms with Crippen LogP contribution >= 0.6 is 0 Å². The summed E-state index contributed by atoms with van der Waals surface area (Å²) >= 11 is 0. The molecule has 3 fully saturated rings. The number of carbonyl (C=O) groups is 3. The fourth-order valence-electron chi connectivity index (χ4n) is 9.63. The predicted octanol–water partition coefficient (Wildman–Crippen LogP) is 5.56. The molecule has 1 N–H and O–H groups in total. The SMILES string of the molecule is CCNC(=O)C12CCC3C(C(=O)C=C4C5(C)C=C(C#N)C(=O)C(C)C5CCC43C)C1CC(C)(C)CC2. The van der Waals surface area contributed by atoms with Crippen LogP contribution in [0.15, 0.2) is 23.3 Å². The number of nitrogens with zero attached hydrogens (tertiary/aromatic N) is 1. The van der Waals surface area contributed by atoms with Crippen LogP contribution in [0.2, 0.25) is 0 Å². The smallest absolute Gasteiger partial charge is 0.226 e. The Morgan fingerprint density at radius 3 is 2.42 bits per heavy atom. The standard InChI is InChI=1S/C31H42N2O3/c1-7-33-27(36)31-11-9-21-25(22(31)16-28(3,4)12-13-31)23(34)14-24-29(21,5)10-8-20-18(2)26(35)19(17-32)15-30(20,24)6/h14-15,18,20-22,25H,7-13,16H2,1-6H3,(H,33,36). The molecule has 8 atom stereocenters. The van der Waals surface area contributed by atoms with Crippen molar-refractivity contribution in [1.29, 1.82) is 5.26 Å². The molecule has 8 unspecified atom stereocenters. The summed E-state index contributed by atoms with van der Waals surface area (Å²) in [5, 5.41) is 12.9. The first-order valence-corrected chi connectivity index (χ1v) is 14.1. The summed E-state index contributed by atoms with van der Waals surface area (Å²) in [4.78, 5) is 40.6. The van der Waals surface area contributed by atoms with Crippen LogP contribution in [0.3, 0.4) is 0 Å². The van der Waals surface area contributed by atoms with E-state index in [1.54, 1.807) is 0 Å². The average Bonchev–Trinajstić information content (AvgIpc) is 2.82. The van der Waals surface area contributed by atoms with Crippen molar-refractivity contribution in [2.75, 3.05) is 6.54 Å². The maximum Gasteiger partial charge on any atom is 0.226 e. The molecule has 194 valence electrons. The Morgan fingerprint density at radius 1 is 1.06 bits per heavy atom. The zero-order valence-electron chi connectivity index (χ0n) is 22.9. The van der Waals surface area contributed by atoms with Crippen molar-refractivity contribution in [3.63, 3.8) is 0 Å². The van der Waals surface area contributed by atoms with Gasteiger partial charge in [-0.15, -0.1) is 0 Å². The first-order valence-electron chi connectivity index (χ1n) is 14.1. The van der Waals surface area contributed by atoms with Gasteiger partial charge < -0.3 is 5.32 Å². The zero-order valence-corrected chi connectivity index (χ0v) is 22.9. The molecular formula is C31H42N2O3. The number of allylic oxidation sites excluding steroid dienone is 4. The largest absolute Gasteiger partial charge is 0.356 e. The lowest BCUT2D eigenvalue weighted by Gasteiger charge is -2.64. The first-order chi connectivity index (χ1) is 16.8. The van der Waals surface area contributed by atoms with E-state index in [9.17, 15) is 19.6 Å². The summed E-state index contributed by atoms with van der Waals surface area (Å²) in [5.41, 5.74) is 0.396. The highest BCUT2D eigenvalue weighted by atomic mass is 16.2. The van der Waals surface area contributed by atoms with E-state index >= 15 is 0 Å². The number of hydrogen-bond acceptors (Lipinski definition) is 4. The van der Waals surface area contributed by atoms with Crippen LogP contribution in [0.4, 0.5) is 0 Å². The minimum absolute atomic E-state index is 0.0521. The first kappa shape index (κ1) is 25.4. The summed E-state index contributed by atoms with van der Waals surface area (Å²) in [6.07, 6.45) is 10.2. The number of carbonyl (C=O) groups excluding carboxylic acids is 3. The topological polar surface area (TPSA) is 87.0 Å². The number of Topliss-reactive ketones (excluding diaryl/α,β-unsaturated/α-hetero) is 1. The predicted molar refractivity (Wildman–Crippen MR) is 138 cm³/mol. The van der Waals surface area contributed by atoms with E-state index in [1.807, 2.05) is 26.0 Å². The van der Waals surface area contributed by atoms with Crippen LogP contribution in [0.1, 0.15) is 86.5 Å². The molecule has 0 heterocycles. The molecule has 3 saturated carbocycles. The molecule has 36 heavy (non-hydrogen) atoms. The van der Waals surface area contributed by atoms with Gasteiger partial charge in [0, 0.05) is 23.8 Å². The Balaban J connectivity index is 1.63. The van der Waals surface area contributed by atoms with E-state index in [0.29, 0.717) is 6.54 Å². The van der Waals surface area contributed by atoms with Crippen LogP contribution in [-0.2, 0) is 14.4 Å².